The van der Waals surface area contributed by atoms with Crippen molar-refractivity contribution < 1.29 is 19.4 Å². The summed E-state index contributed by atoms with van der Waals surface area (Å²) in [5.41, 5.74) is -0.766. The molecule has 1 unspecified atom stereocenters. The number of nitriles is 1. The van der Waals surface area contributed by atoms with Gasteiger partial charge < -0.3 is 15.2 Å². The Morgan fingerprint density at radius 2 is 1.92 bits per heavy atom. The van der Waals surface area contributed by atoms with Crippen LogP contribution in [-0.2, 0) is 10.3 Å². The number of imide groups is 1. The van der Waals surface area contributed by atoms with Gasteiger partial charge in [-0.05, 0) is 17.7 Å². The average molecular weight is 337 g/mol. The Kier molecular flexibility index (Phi) is 4.13. The first kappa shape index (κ1) is 16.5. The number of carbonyl (C=O) groups is 2. The van der Waals surface area contributed by atoms with Crippen molar-refractivity contribution >= 4 is 17.6 Å². The van der Waals surface area contributed by atoms with E-state index in [1.54, 1.807) is 36.4 Å². The Balaban J connectivity index is 2.14. The standard InChI is InChI=1S/C18H15N3O4/c1-25-15-12(10-19)6-5-9-14(15)21-16(23)18(11-22,20-17(21)24)13-7-3-2-4-8-13/h2-9,22H,11H2,1H3,(H,20,24). The molecule has 3 rings (SSSR count). The summed E-state index contributed by atoms with van der Waals surface area (Å²) in [6.45, 7) is -0.599. The predicted molar refractivity (Wildman–Crippen MR) is 88.9 cm³/mol. The largest absolute Gasteiger partial charge is 0.493 e. The number of rotatable bonds is 4. The van der Waals surface area contributed by atoms with E-state index in [2.05, 4.69) is 5.32 Å². The summed E-state index contributed by atoms with van der Waals surface area (Å²) in [7, 11) is 1.36. The van der Waals surface area contributed by atoms with E-state index < -0.39 is 24.1 Å². The number of hydrogen-bond donors (Lipinski definition) is 2. The molecule has 0 radical (unpaired) electrons. The number of ether oxygens (including phenoxy) is 1. The van der Waals surface area contributed by atoms with Gasteiger partial charge in [-0.3, -0.25) is 4.79 Å². The van der Waals surface area contributed by atoms with Crippen molar-refractivity contribution in [2.45, 2.75) is 5.54 Å². The number of para-hydroxylation sites is 1. The molecule has 0 aromatic heterocycles. The molecule has 3 amide bonds. The third-order valence-corrected chi connectivity index (χ3v) is 4.16. The normalized spacial score (nSPS) is 19.5. The smallest absolute Gasteiger partial charge is 0.330 e. The zero-order chi connectivity index (χ0) is 18.0. The monoisotopic (exact) mass is 337 g/mol. The van der Waals surface area contributed by atoms with Crippen molar-refractivity contribution in [3.63, 3.8) is 0 Å². The maximum atomic E-state index is 13.1. The van der Waals surface area contributed by atoms with E-state index in [1.165, 1.54) is 19.2 Å². The molecule has 1 aliphatic rings. The molecule has 1 saturated heterocycles. The molecule has 1 fully saturated rings. The van der Waals surface area contributed by atoms with Crippen LogP contribution in [-0.4, -0.2) is 30.8 Å². The number of aliphatic hydroxyl groups excluding tert-OH is 1. The predicted octanol–water partition coefficient (Wildman–Crippen LogP) is 1.51. The number of carbonyl (C=O) groups excluding carboxylic acids is 2. The number of aliphatic hydroxyl groups is 1. The van der Waals surface area contributed by atoms with Crippen molar-refractivity contribution in [1.82, 2.24) is 5.32 Å². The Morgan fingerprint density at radius 1 is 1.20 bits per heavy atom. The summed E-state index contributed by atoms with van der Waals surface area (Å²) in [5, 5.41) is 21.7. The maximum absolute atomic E-state index is 13.1. The lowest BCUT2D eigenvalue weighted by Crippen LogP contribution is -2.47. The average Bonchev–Trinajstić information content (AvgIpc) is 2.92. The third kappa shape index (κ3) is 2.40. The van der Waals surface area contributed by atoms with Gasteiger partial charge in [-0.1, -0.05) is 36.4 Å². The van der Waals surface area contributed by atoms with Crippen LogP contribution in [0.15, 0.2) is 48.5 Å². The fourth-order valence-corrected chi connectivity index (χ4v) is 2.91. The lowest BCUT2D eigenvalue weighted by atomic mass is 9.90. The van der Waals surface area contributed by atoms with Crippen molar-refractivity contribution in [3.05, 3.63) is 59.7 Å². The molecule has 7 nitrogen and oxygen atoms in total. The Bertz CT molecular complexity index is 876. The second-order valence-corrected chi connectivity index (χ2v) is 5.47. The molecule has 25 heavy (non-hydrogen) atoms. The highest BCUT2D eigenvalue weighted by molar-refractivity contribution is 6.24. The van der Waals surface area contributed by atoms with Gasteiger partial charge in [0.1, 0.15) is 6.07 Å². The van der Waals surface area contributed by atoms with Crippen LogP contribution in [0.5, 0.6) is 5.75 Å². The number of urea groups is 1. The molecule has 0 saturated carbocycles. The van der Waals surface area contributed by atoms with Crippen LogP contribution in [0, 0.1) is 11.3 Å². The van der Waals surface area contributed by atoms with E-state index in [-0.39, 0.29) is 17.0 Å². The zero-order valence-corrected chi connectivity index (χ0v) is 13.4. The molecular formula is C18H15N3O4. The maximum Gasteiger partial charge on any atom is 0.330 e. The minimum Gasteiger partial charge on any atom is -0.493 e. The highest BCUT2D eigenvalue weighted by Gasteiger charge is 2.53. The molecule has 0 bridgehead atoms. The van der Waals surface area contributed by atoms with Gasteiger partial charge in [0, 0.05) is 0 Å². The molecule has 0 aliphatic carbocycles. The van der Waals surface area contributed by atoms with Crippen LogP contribution in [0.1, 0.15) is 11.1 Å². The van der Waals surface area contributed by atoms with Gasteiger partial charge in [-0.25, -0.2) is 9.69 Å². The van der Waals surface area contributed by atoms with Crippen molar-refractivity contribution in [2.75, 3.05) is 18.6 Å². The van der Waals surface area contributed by atoms with Crippen LogP contribution in [0.4, 0.5) is 10.5 Å². The molecule has 1 aliphatic heterocycles. The second kappa shape index (κ2) is 6.26. The molecule has 1 heterocycles. The summed E-state index contributed by atoms with van der Waals surface area (Å²) in [4.78, 5) is 26.5. The fraction of sp³-hybridized carbons (Fsp3) is 0.167. The van der Waals surface area contributed by atoms with E-state index in [0.29, 0.717) is 5.56 Å². The van der Waals surface area contributed by atoms with E-state index in [1.807, 2.05) is 6.07 Å². The number of amides is 3. The van der Waals surface area contributed by atoms with Gasteiger partial charge in [0.25, 0.3) is 5.91 Å². The van der Waals surface area contributed by atoms with E-state index in [9.17, 15) is 20.0 Å². The van der Waals surface area contributed by atoms with Crippen molar-refractivity contribution in [1.29, 1.82) is 5.26 Å². The molecule has 2 N–H and O–H groups in total. The van der Waals surface area contributed by atoms with Crippen LogP contribution >= 0.6 is 0 Å². The molecule has 2 aromatic rings. The van der Waals surface area contributed by atoms with E-state index in [0.717, 1.165) is 4.90 Å². The number of nitrogens with one attached hydrogen (secondary N) is 1. The number of methoxy groups -OCH3 is 1. The third-order valence-electron chi connectivity index (χ3n) is 4.16. The van der Waals surface area contributed by atoms with Gasteiger partial charge in [0.05, 0.1) is 25.0 Å². The molecule has 7 heteroatoms. The second-order valence-electron chi connectivity index (χ2n) is 5.47. The molecular weight excluding hydrogens is 322 g/mol. The van der Waals surface area contributed by atoms with Gasteiger partial charge in [0.15, 0.2) is 11.3 Å². The lowest BCUT2D eigenvalue weighted by Gasteiger charge is -2.25. The topological polar surface area (TPSA) is 103 Å². The van der Waals surface area contributed by atoms with E-state index >= 15 is 0 Å². The summed E-state index contributed by atoms with van der Waals surface area (Å²) < 4.78 is 5.23. The molecule has 126 valence electrons. The quantitative estimate of drug-likeness (QED) is 0.823. The number of benzene rings is 2. The Labute approximate surface area is 144 Å². The Morgan fingerprint density at radius 3 is 2.52 bits per heavy atom. The van der Waals surface area contributed by atoms with Crippen LogP contribution in [0.2, 0.25) is 0 Å². The first-order valence-electron chi connectivity index (χ1n) is 7.49. The summed E-state index contributed by atoms with van der Waals surface area (Å²) in [6.07, 6.45) is 0. The van der Waals surface area contributed by atoms with Gasteiger partial charge in [0.2, 0.25) is 0 Å². The minimum atomic E-state index is -1.58. The van der Waals surface area contributed by atoms with Crippen LogP contribution in [0.25, 0.3) is 0 Å². The molecule has 1 atom stereocenters. The SMILES string of the molecule is COc1c(C#N)cccc1N1C(=O)NC(CO)(c2ccccc2)C1=O. The van der Waals surface area contributed by atoms with Gasteiger partial charge in [-0.15, -0.1) is 0 Å². The van der Waals surface area contributed by atoms with Gasteiger partial charge >= 0.3 is 6.03 Å². The Hall–Kier alpha value is -3.37. The first-order valence-corrected chi connectivity index (χ1v) is 7.49. The summed E-state index contributed by atoms with van der Waals surface area (Å²) in [6, 6.07) is 14.4. The first-order chi connectivity index (χ1) is 12.1. The summed E-state index contributed by atoms with van der Waals surface area (Å²) in [5.74, 6) is -0.519. The zero-order valence-electron chi connectivity index (χ0n) is 13.4. The van der Waals surface area contributed by atoms with Gasteiger partial charge in [-0.2, -0.15) is 5.26 Å². The number of hydrogen-bond acceptors (Lipinski definition) is 5. The number of nitrogens with zero attached hydrogens (tertiary/aromatic N) is 2. The molecule has 2 aromatic carbocycles. The van der Waals surface area contributed by atoms with E-state index in [4.69, 9.17) is 4.74 Å². The van der Waals surface area contributed by atoms with Crippen molar-refractivity contribution in [3.8, 4) is 11.8 Å². The highest BCUT2D eigenvalue weighted by atomic mass is 16.5. The van der Waals surface area contributed by atoms with Crippen LogP contribution in [0.3, 0.4) is 0 Å². The minimum absolute atomic E-state index is 0.121. The van der Waals surface area contributed by atoms with Crippen molar-refractivity contribution in [2.24, 2.45) is 0 Å². The van der Waals surface area contributed by atoms with Crippen LogP contribution < -0.4 is 15.0 Å². The molecule has 0 spiro atoms. The highest BCUT2D eigenvalue weighted by Crippen LogP contribution is 2.38. The lowest BCUT2D eigenvalue weighted by molar-refractivity contribution is -0.123. The summed E-state index contributed by atoms with van der Waals surface area (Å²) >= 11 is 0. The number of anilines is 1. The fourth-order valence-electron chi connectivity index (χ4n) is 2.91.